The highest BCUT2D eigenvalue weighted by atomic mass is 32.1. The number of ether oxygens (including phenoxy) is 1. The fourth-order valence-electron chi connectivity index (χ4n) is 1.69. The molecule has 7 heteroatoms. The third kappa shape index (κ3) is 4.78. The Morgan fingerprint density at radius 2 is 2.23 bits per heavy atom. The minimum absolute atomic E-state index is 0.211. The zero-order valence-electron chi connectivity index (χ0n) is 12.2. The number of para-hydroxylation sites is 1. The van der Waals surface area contributed by atoms with Crippen molar-refractivity contribution < 1.29 is 9.53 Å². The number of hydrogen-bond acceptors (Lipinski definition) is 5. The van der Waals surface area contributed by atoms with Crippen LogP contribution in [0.3, 0.4) is 0 Å². The number of hydrogen-bond donors (Lipinski definition) is 2. The predicted octanol–water partition coefficient (Wildman–Crippen LogP) is 3.45. The number of benzene rings is 1. The van der Waals surface area contributed by atoms with Crippen molar-refractivity contribution in [2.24, 2.45) is 0 Å². The minimum Gasteiger partial charge on any atom is -0.493 e. The summed E-state index contributed by atoms with van der Waals surface area (Å²) >= 11 is 6.52. The summed E-state index contributed by atoms with van der Waals surface area (Å²) < 4.78 is 5.65. The lowest BCUT2D eigenvalue weighted by Gasteiger charge is -2.12. The largest absolute Gasteiger partial charge is 0.493 e. The van der Waals surface area contributed by atoms with Gasteiger partial charge in [-0.15, -0.1) is 11.3 Å². The fourth-order valence-corrected chi connectivity index (χ4v) is 2.48. The molecule has 0 saturated carbocycles. The van der Waals surface area contributed by atoms with Gasteiger partial charge in [0.15, 0.2) is 10.2 Å². The molecule has 0 radical (unpaired) electrons. The first-order valence-corrected chi connectivity index (χ1v) is 8.23. The lowest BCUT2D eigenvalue weighted by Crippen LogP contribution is -2.34. The van der Waals surface area contributed by atoms with Crippen LogP contribution in [-0.4, -0.2) is 22.6 Å². The van der Waals surface area contributed by atoms with Crippen LogP contribution >= 0.6 is 23.6 Å². The molecule has 1 heterocycles. The Labute approximate surface area is 138 Å². The summed E-state index contributed by atoms with van der Waals surface area (Å²) in [6.07, 6.45) is 3.64. The molecule has 5 nitrogen and oxygen atoms in total. The van der Waals surface area contributed by atoms with E-state index in [0.29, 0.717) is 23.1 Å². The van der Waals surface area contributed by atoms with Crippen molar-refractivity contribution >= 4 is 39.7 Å². The molecule has 1 aromatic heterocycles. The molecule has 0 unspecified atom stereocenters. The predicted molar refractivity (Wildman–Crippen MR) is 92.6 cm³/mol. The summed E-state index contributed by atoms with van der Waals surface area (Å²) in [6, 6.07) is 7.12. The van der Waals surface area contributed by atoms with Gasteiger partial charge in [0.05, 0.1) is 12.2 Å². The molecule has 0 spiro atoms. The second kappa shape index (κ2) is 8.45. The van der Waals surface area contributed by atoms with E-state index in [4.69, 9.17) is 17.0 Å². The molecule has 0 aliphatic rings. The molecule has 1 amide bonds. The molecule has 0 saturated heterocycles. The summed E-state index contributed by atoms with van der Waals surface area (Å²) in [5.74, 6) is 0.256. The summed E-state index contributed by atoms with van der Waals surface area (Å²) in [5, 5.41) is 8.17. The third-order valence-electron chi connectivity index (χ3n) is 2.77. The van der Waals surface area contributed by atoms with Crippen LogP contribution in [0.2, 0.25) is 0 Å². The highest BCUT2D eigenvalue weighted by Gasteiger charge is 2.13. The van der Waals surface area contributed by atoms with E-state index in [1.165, 1.54) is 11.3 Å². The average molecular weight is 335 g/mol. The smallest absolute Gasteiger partial charge is 0.261 e. The first kappa shape index (κ1) is 16.4. The Kier molecular flexibility index (Phi) is 6.29. The van der Waals surface area contributed by atoms with E-state index in [2.05, 4.69) is 22.5 Å². The topological polar surface area (TPSA) is 63.2 Å². The van der Waals surface area contributed by atoms with Gasteiger partial charge in [-0.1, -0.05) is 25.5 Å². The van der Waals surface area contributed by atoms with Crippen LogP contribution in [0.1, 0.15) is 30.1 Å². The standard InChI is InChI=1S/C15H17N3O2S2/c1-2-3-9-20-12-7-5-4-6-11(12)13(19)17-14(21)18-15-16-8-10-22-15/h4-8,10H,2-3,9H2,1H3,(H2,16,17,18,19,21). The molecular weight excluding hydrogens is 318 g/mol. The number of carbonyl (C=O) groups excluding carboxylic acids is 1. The number of nitrogens with zero attached hydrogens (tertiary/aromatic N) is 1. The van der Waals surface area contributed by atoms with Gasteiger partial charge in [-0.2, -0.15) is 0 Å². The summed E-state index contributed by atoms with van der Waals surface area (Å²) in [7, 11) is 0. The van der Waals surface area contributed by atoms with E-state index >= 15 is 0 Å². The average Bonchev–Trinajstić information content (AvgIpc) is 3.00. The Hall–Kier alpha value is -1.99. The maximum absolute atomic E-state index is 12.3. The van der Waals surface area contributed by atoms with Crippen LogP contribution in [-0.2, 0) is 0 Å². The number of unbranched alkanes of at least 4 members (excludes halogenated alkanes) is 1. The monoisotopic (exact) mass is 335 g/mol. The van der Waals surface area contributed by atoms with Crippen molar-refractivity contribution in [2.75, 3.05) is 11.9 Å². The Morgan fingerprint density at radius 1 is 1.41 bits per heavy atom. The molecule has 1 aromatic carbocycles. The highest BCUT2D eigenvalue weighted by Crippen LogP contribution is 2.18. The van der Waals surface area contributed by atoms with E-state index in [0.717, 1.165) is 12.8 Å². The molecule has 2 aromatic rings. The molecule has 2 N–H and O–H groups in total. The zero-order chi connectivity index (χ0) is 15.8. The lowest BCUT2D eigenvalue weighted by molar-refractivity contribution is 0.0973. The zero-order valence-corrected chi connectivity index (χ0v) is 13.8. The molecule has 0 aliphatic carbocycles. The Balaban J connectivity index is 1.98. The maximum atomic E-state index is 12.3. The molecule has 0 aliphatic heterocycles. The maximum Gasteiger partial charge on any atom is 0.261 e. The molecule has 22 heavy (non-hydrogen) atoms. The Morgan fingerprint density at radius 3 is 2.95 bits per heavy atom. The molecular formula is C15H17N3O2S2. The number of thiazole rings is 1. The van der Waals surface area contributed by atoms with E-state index in [1.807, 2.05) is 11.4 Å². The van der Waals surface area contributed by atoms with E-state index in [-0.39, 0.29) is 11.0 Å². The summed E-state index contributed by atoms with van der Waals surface area (Å²) in [6.45, 7) is 2.67. The normalized spacial score (nSPS) is 10.0. The second-order valence-corrected chi connectivity index (χ2v) is 5.75. The first-order valence-electron chi connectivity index (χ1n) is 6.94. The van der Waals surface area contributed by atoms with Gasteiger partial charge in [0.2, 0.25) is 0 Å². The summed E-state index contributed by atoms with van der Waals surface area (Å²) in [5.41, 5.74) is 0.460. The van der Waals surface area contributed by atoms with Gasteiger partial charge in [0.25, 0.3) is 5.91 Å². The second-order valence-electron chi connectivity index (χ2n) is 4.44. The van der Waals surface area contributed by atoms with Crippen molar-refractivity contribution in [1.82, 2.24) is 10.3 Å². The van der Waals surface area contributed by atoms with Crippen LogP contribution in [0.25, 0.3) is 0 Å². The third-order valence-corrected chi connectivity index (χ3v) is 3.66. The first-order chi connectivity index (χ1) is 10.7. The Bertz CT molecular complexity index is 629. The van der Waals surface area contributed by atoms with Crippen molar-refractivity contribution in [3.05, 3.63) is 41.4 Å². The van der Waals surface area contributed by atoms with Crippen LogP contribution in [0.4, 0.5) is 5.13 Å². The van der Waals surface area contributed by atoms with Crippen LogP contribution in [0.15, 0.2) is 35.8 Å². The fraction of sp³-hybridized carbons (Fsp3) is 0.267. The van der Waals surface area contributed by atoms with Gasteiger partial charge < -0.3 is 10.1 Å². The quantitative estimate of drug-likeness (QED) is 0.625. The van der Waals surface area contributed by atoms with Gasteiger partial charge in [-0.05, 0) is 30.8 Å². The highest BCUT2D eigenvalue weighted by molar-refractivity contribution is 7.80. The number of nitrogens with one attached hydrogen (secondary N) is 2. The van der Waals surface area contributed by atoms with Gasteiger partial charge in [0, 0.05) is 11.6 Å². The number of anilines is 1. The van der Waals surface area contributed by atoms with E-state index < -0.39 is 0 Å². The van der Waals surface area contributed by atoms with Crippen LogP contribution in [0.5, 0.6) is 5.75 Å². The molecule has 0 bridgehead atoms. The molecule has 116 valence electrons. The molecule has 2 rings (SSSR count). The van der Waals surface area contributed by atoms with Gasteiger partial charge in [-0.3, -0.25) is 10.1 Å². The minimum atomic E-state index is -0.304. The molecule has 0 atom stereocenters. The van der Waals surface area contributed by atoms with Gasteiger partial charge >= 0.3 is 0 Å². The summed E-state index contributed by atoms with van der Waals surface area (Å²) in [4.78, 5) is 16.3. The van der Waals surface area contributed by atoms with Crippen molar-refractivity contribution in [3.63, 3.8) is 0 Å². The van der Waals surface area contributed by atoms with Gasteiger partial charge in [-0.25, -0.2) is 4.98 Å². The number of carbonyl (C=O) groups is 1. The number of rotatable bonds is 6. The van der Waals surface area contributed by atoms with E-state index in [1.54, 1.807) is 24.4 Å². The van der Waals surface area contributed by atoms with Crippen molar-refractivity contribution in [3.8, 4) is 5.75 Å². The van der Waals surface area contributed by atoms with Crippen LogP contribution in [0, 0.1) is 0 Å². The SMILES string of the molecule is CCCCOc1ccccc1C(=O)NC(=S)Nc1nccs1. The van der Waals surface area contributed by atoms with Gasteiger partial charge in [0.1, 0.15) is 5.75 Å². The van der Waals surface area contributed by atoms with Crippen molar-refractivity contribution in [1.29, 1.82) is 0 Å². The molecule has 0 fully saturated rings. The van der Waals surface area contributed by atoms with E-state index in [9.17, 15) is 4.79 Å². The number of thiocarbonyl (C=S) groups is 1. The van der Waals surface area contributed by atoms with Crippen molar-refractivity contribution in [2.45, 2.75) is 19.8 Å². The van der Waals surface area contributed by atoms with Crippen LogP contribution < -0.4 is 15.4 Å². The number of amides is 1. The number of aromatic nitrogens is 1. The lowest BCUT2D eigenvalue weighted by atomic mass is 10.2.